The summed E-state index contributed by atoms with van der Waals surface area (Å²) >= 11 is 0. The minimum Gasteiger partial charge on any atom is -0.497 e. The summed E-state index contributed by atoms with van der Waals surface area (Å²) in [5, 5.41) is 3.13. The molecule has 2 aliphatic rings. The second-order valence-electron chi connectivity index (χ2n) is 11.1. The topological polar surface area (TPSA) is 44.8 Å². The summed E-state index contributed by atoms with van der Waals surface area (Å²) in [5.41, 5.74) is 3.25. The van der Waals surface area contributed by atoms with Crippen LogP contribution in [0.25, 0.3) is 0 Å². The number of carbonyl (C=O) groups excluding carboxylic acids is 1. The van der Waals surface area contributed by atoms with Crippen LogP contribution in [0.15, 0.2) is 78.9 Å². The molecular weight excluding hydrogens is 489 g/mol. The Hall–Kier alpha value is -3.38. The first kappa shape index (κ1) is 27.2. The third-order valence-electron chi connectivity index (χ3n) is 8.43. The van der Waals surface area contributed by atoms with Crippen molar-refractivity contribution in [3.05, 3.63) is 95.8 Å². The zero-order valence-electron chi connectivity index (χ0n) is 22.9. The highest BCUT2D eigenvalue weighted by Crippen LogP contribution is 2.31. The van der Waals surface area contributed by atoms with Crippen molar-refractivity contribution in [1.29, 1.82) is 0 Å². The van der Waals surface area contributed by atoms with Crippen molar-refractivity contribution >= 4 is 11.7 Å². The predicted octanol–water partition coefficient (Wildman–Crippen LogP) is 6.64. The number of halogens is 1. The lowest BCUT2D eigenvalue weighted by Crippen LogP contribution is -2.54. The number of anilines is 1. The van der Waals surface area contributed by atoms with E-state index in [9.17, 15) is 9.18 Å². The van der Waals surface area contributed by atoms with Gasteiger partial charge in [-0.3, -0.25) is 0 Å². The van der Waals surface area contributed by atoms with E-state index in [0.717, 1.165) is 76.1 Å². The minimum atomic E-state index is -0.169. The van der Waals surface area contributed by atoms with Gasteiger partial charge in [-0.05, 0) is 98.8 Å². The van der Waals surface area contributed by atoms with E-state index in [0.29, 0.717) is 11.8 Å². The molecule has 5 nitrogen and oxygen atoms in total. The van der Waals surface area contributed by atoms with Crippen LogP contribution >= 0.6 is 0 Å². The second-order valence-corrected chi connectivity index (χ2v) is 11.1. The summed E-state index contributed by atoms with van der Waals surface area (Å²) in [6.45, 7) is 3.94. The van der Waals surface area contributed by atoms with Gasteiger partial charge in [-0.25, -0.2) is 9.18 Å². The molecule has 0 saturated carbocycles. The monoisotopic (exact) mass is 529 g/mol. The normalized spacial score (nSPS) is 20.5. The lowest BCUT2D eigenvalue weighted by molar-refractivity contribution is 0.0791. The molecule has 2 aliphatic heterocycles. The van der Waals surface area contributed by atoms with Gasteiger partial charge in [0.25, 0.3) is 0 Å². The van der Waals surface area contributed by atoms with Gasteiger partial charge in [-0.15, -0.1) is 0 Å². The fourth-order valence-corrected chi connectivity index (χ4v) is 6.29. The van der Waals surface area contributed by atoms with Crippen molar-refractivity contribution in [2.24, 2.45) is 11.8 Å². The Morgan fingerprint density at radius 1 is 0.897 bits per heavy atom. The maximum atomic E-state index is 13.6. The average Bonchev–Trinajstić information content (AvgIpc) is 2.97. The highest BCUT2D eigenvalue weighted by atomic mass is 19.1. The fraction of sp³-hybridized carbons (Fsp3) is 0.424. The van der Waals surface area contributed by atoms with Gasteiger partial charge in [0.1, 0.15) is 11.6 Å². The van der Waals surface area contributed by atoms with Crippen LogP contribution < -0.4 is 10.1 Å². The first-order valence-corrected chi connectivity index (χ1v) is 14.3. The van der Waals surface area contributed by atoms with Crippen LogP contribution in [0.2, 0.25) is 0 Å². The largest absolute Gasteiger partial charge is 0.497 e. The molecule has 0 aromatic heterocycles. The van der Waals surface area contributed by atoms with Crippen LogP contribution in [-0.2, 0) is 12.8 Å². The average molecular weight is 530 g/mol. The van der Waals surface area contributed by atoms with Crippen molar-refractivity contribution in [2.45, 2.75) is 44.6 Å². The number of ether oxygens (including phenoxy) is 1. The number of hydrogen-bond acceptors (Lipinski definition) is 3. The van der Waals surface area contributed by atoms with Crippen LogP contribution in [0.5, 0.6) is 5.75 Å². The maximum Gasteiger partial charge on any atom is 0.322 e. The van der Waals surface area contributed by atoms with Crippen molar-refractivity contribution in [3.8, 4) is 5.75 Å². The summed E-state index contributed by atoms with van der Waals surface area (Å²) in [6, 6.07) is 25.2. The Kier molecular flexibility index (Phi) is 9.15. The third kappa shape index (κ3) is 7.39. The van der Waals surface area contributed by atoms with Crippen molar-refractivity contribution < 1.29 is 13.9 Å². The first-order valence-electron chi connectivity index (χ1n) is 14.3. The lowest BCUT2D eigenvalue weighted by atomic mass is 9.83. The molecule has 6 heteroatoms. The van der Waals surface area contributed by atoms with Gasteiger partial charge in [0.15, 0.2) is 0 Å². The van der Waals surface area contributed by atoms with E-state index < -0.39 is 0 Å². The van der Waals surface area contributed by atoms with Crippen LogP contribution in [0.3, 0.4) is 0 Å². The number of carbonyl (C=O) groups is 1. The number of rotatable bonds is 8. The van der Waals surface area contributed by atoms with Crippen LogP contribution in [0.1, 0.15) is 36.8 Å². The number of amides is 2. The molecule has 2 amide bonds. The van der Waals surface area contributed by atoms with Crippen LogP contribution in [-0.4, -0.2) is 55.2 Å². The summed E-state index contributed by atoms with van der Waals surface area (Å²) < 4.78 is 18.6. The van der Waals surface area contributed by atoms with Crippen molar-refractivity contribution in [2.75, 3.05) is 38.6 Å². The highest BCUT2D eigenvalue weighted by Gasteiger charge is 2.36. The molecule has 2 unspecified atom stereocenters. The van der Waals surface area contributed by atoms with Crippen molar-refractivity contribution in [1.82, 2.24) is 9.80 Å². The minimum absolute atomic E-state index is 0.0353. The van der Waals surface area contributed by atoms with E-state index in [-0.39, 0.29) is 17.9 Å². The molecule has 0 bridgehead atoms. The zero-order valence-corrected chi connectivity index (χ0v) is 22.9. The summed E-state index contributed by atoms with van der Waals surface area (Å²) in [5.74, 6) is 1.62. The van der Waals surface area contributed by atoms with E-state index in [1.165, 1.54) is 11.1 Å². The summed E-state index contributed by atoms with van der Waals surface area (Å²) in [4.78, 5) is 18.3. The number of benzene rings is 3. The van der Waals surface area contributed by atoms with Crippen LogP contribution in [0.4, 0.5) is 14.9 Å². The van der Waals surface area contributed by atoms with E-state index in [2.05, 4.69) is 39.4 Å². The molecular formula is C33H40FN3O2. The fourth-order valence-electron chi connectivity index (χ4n) is 6.29. The Bertz CT molecular complexity index is 1200. The van der Waals surface area contributed by atoms with E-state index in [1.54, 1.807) is 19.2 Å². The second kappa shape index (κ2) is 13.1. The van der Waals surface area contributed by atoms with Gasteiger partial charge in [-0.2, -0.15) is 0 Å². The quantitative estimate of drug-likeness (QED) is 0.356. The number of nitrogens with zero attached hydrogens (tertiary/aromatic N) is 2. The Balaban J connectivity index is 1.24. The smallest absolute Gasteiger partial charge is 0.322 e. The Morgan fingerprint density at radius 2 is 1.64 bits per heavy atom. The number of likely N-dealkylation sites (tertiary alicyclic amines) is 2. The van der Waals surface area contributed by atoms with E-state index in [1.807, 2.05) is 42.5 Å². The predicted molar refractivity (Wildman–Crippen MR) is 155 cm³/mol. The van der Waals surface area contributed by atoms with Gasteiger partial charge in [0.2, 0.25) is 0 Å². The molecule has 0 aliphatic carbocycles. The SMILES string of the molecule is COc1cccc(NC(=O)N2CCCC(CN3CCC(Cc4ccc(F)cc4)CC3)C2Cc2ccccc2)c1. The molecule has 2 atom stereocenters. The first-order chi connectivity index (χ1) is 19.1. The van der Waals surface area contributed by atoms with Gasteiger partial charge in [0.05, 0.1) is 7.11 Å². The molecule has 2 fully saturated rings. The standard InChI is InChI=1S/C33H40FN3O2/c1-39-31-11-5-10-30(23-31)35-33(38)37-18-6-9-28(32(37)22-25-7-3-2-4-8-25)24-36-19-16-27(17-20-36)21-26-12-14-29(34)15-13-26/h2-5,7-8,10-15,23,27-28,32H,6,9,16-22,24H2,1H3,(H,35,38). The molecule has 39 heavy (non-hydrogen) atoms. The number of hydrogen-bond donors (Lipinski definition) is 1. The Morgan fingerprint density at radius 3 is 2.38 bits per heavy atom. The highest BCUT2D eigenvalue weighted by molar-refractivity contribution is 5.89. The third-order valence-corrected chi connectivity index (χ3v) is 8.43. The molecule has 5 rings (SSSR count). The maximum absolute atomic E-state index is 13.6. The van der Waals surface area contributed by atoms with E-state index in [4.69, 9.17) is 4.74 Å². The molecule has 0 spiro atoms. The van der Waals surface area contributed by atoms with E-state index >= 15 is 0 Å². The molecule has 3 aromatic carbocycles. The number of nitrogens with one attached hydrogen (secondary N) is 1. The number of urea groups is 1. The number of piperidine rings is 2. The van der Waals surface area contributed by atoms with Gasteiger partial charge in [-0.1, -0.05) is 48.5 Å². The van der Waals surface area contributed by atoms with Gasteiger partial charge in [0, 0.05) is 30.9 Å². The van der Waals surface area contributed by atoms with Crippen molar-refractivity contribution in [3.63, 3.8) is 0 Å². The van der Waals surface area contributed by atoms with Crippen LogP contribution in [0, 0.1) is 17.7 Å². The van der Waals surface area contributed by atoms with Gasteiger partial charge < -0.3 is 19.9 Å². The molecule has 1 N–H and O–H groups in total. The molecule has 2 heterocycles. The summed E-state index contributed by atoms with van der Waals surface area (Å²) in [7, 11) is 1.64. The lowest BCUT2D eigenvalue weighted by Gasteiger charge is -2.44. The molecule has 2 saturated heterocycles. The summed E-state index contributed by atoms with van der Waals surface area (Å²) in [6.07, 6.45) is 6.35. The zero-order chi connectivity index (χ0) is 27.0. The molecule has 206 valence electrons. The molecule has 3 aromatic rings. The Labute approximate surface area is 232 Å². The van der Waals surface area contributed by atoms with Gasteiger partial charge >= 0.3 is 6.03 Å². The number of methoxy groups -OCH3 is 1. The molecule has 0 radical (unpaired) electrons.